The molecule has 1 aromatic carbocycles. The summed E-state index contributed by atoms with van der Waals surface area (Å²) in [5.41, 5.74) is 2.44. The van der Waals surface area contributed by atoms with Crippen LogP contribution >= 0.6 is 0 Å². The lowest BCUT2D eigenvalue weighted by Crippen LogP contribution is -2.07. The zero-order valence-electron chi connectivity index (χ0n) is 13.8. The molecular weight excluding hydrogens is 330 g/mol. The minimum atomic E-state index is 0.268. The van der Waals surface area contributed by atoms with Crippen LogP contribution in [-0.4, -0.2) is 36.6 Å². The van der Waals surface area contributed by atoms with Gasteiger partial charge in [0, 0.05) is 12.7 Å². The van der Waals surface area contributed by atoms with Crippen molar-refractivity contribution < 1.29 is 5.11 Å². The number of rotatable bonds is 6. The molecule has 4 aromatic rings. The van der Waals surface area contributed by atoms with Crippen molar-refractivity contribution in [3.63, 3.8) is 0 Å². The summed E-state index contributed by atoms with van der Waals surface area (Å²) in [6, 6.07) is 12.8. The molecule has 0 saturated carbocycles. The number of anilines is 3. The Labute approximate surface area is 149 Å². The molecule has 0 atom stereocenters. The number of imidazole rings is 1. The highest BCUT2D eigenvalue weighted by Crippen LogP contribution is 2.20. The first kappa shape index (κ1) is 15.8. The maximum absolute atomic E-state index is 9.33. The lowest BCUT2D eigenvalue weighted by molar-refractivity contribution is 0.475. The second kappa shape index (κ2) is 7.06. The quantitative estimate of drug-likeness (QED) is 0.424. The van der Waals surface area contributed by atoms with E-state index in [1.807, 2.05) is 30.3 Å². The SMILES string of the molecule is Oc1ccc(CCNc2ncnc3nc(Nc4ccccn4)[nH]c23)cc1. The molecule has 8 heteroatoms. The first-order chi connectivity index (χ1) is 12.8. The van der Waals surface area contributed by atoms with E-state index in [2.05, 4.69) is 35.6 Å². The molecule has 8 nitrogen and oxygen atoms in total. The summed E-state index contributed by atoms with van der Waals surface area (Å²) in [5.74, 6) is 2.21. The Balaban J connectivity index is 1.47. The van der Waals surface area contributed by atoms with Crippen LogP contribution in [0.4, 0.5) is 17.6 Å². The van der Waals surface area contributed by atoms with Crippen molar-refractivity contribution >= 4 is 28.7 Å². The second-order valence-electron chi connectivity index (χ2n) is 5.69. The molecule has 4 rings (SSSR count). The van der Waals surface area contributed by atoms with E-state index in [-0.39, 0.29) is 5.75 Å². The maximum atomic E-state index is 9.33. The van der Waals surface area contributed by atoms with Crippen LogP contribution in [0.3, 0.4) is 0 Å². The van der Waals surface area contributed by atoms with Crippen LogP contribution in [0.15, 0.2) is 55.0 Å². The smallest absolute Gasteiger partial charge is 0.208 e. The van der Waals surface area contributed by atoms with Crippen LogP contribution in [0.5, 0.6) is 5.75 Å². The summed E-state index contributed by atoms with van der Waals surface area (Å²) in [4.78, 5) is 20.3. The molecule has 0 radical (unpaired) electrons. The molecule has 0 fully saturated rings. The number of hydrogen-bond acceptors (Lipinski definition) is 7. The lowest BCUT2D eigenvalue weighted by Gasteiger charge is -2.06. The predicted octanol–water partition coefficient (Wildman–Crippen LogP) is 2.85. The van der Waals surface area contributed by atoms with Gasteiger partial charge < -0.3 is 20.7 Å². The van der Waals surface area contributed by atoms with E-state index in [0.29, 0.717) is 29.8 Å². The second-order valence-corrected chi connectivity index (χ2v) is 5.69. The summed E-state index contributed by atoms with van der Waals surface area (Å²) in [7, 11) is 0. The van der Waals surface area contributed by atoms with Gasteiger partial charge in [0.1, 0.15) is 23.4 Å². The van der Waals surface area contributed by atoms with Crippen molar-refractivity contribution in [3.05, 3.63) is 60.6 Å². The molecule has 0 aliphatic heterocycles. The summed E-state index contributed by atoms with van der Waals surface area (Å²) in [5, 5.41) is 15.7. The Hall–Kier alpha value is -3.68. The van der Waals surface area contributed by atoms with E-state index >= 15 is 0 Å². The molecule has 0 aliphatic carbocycles. The molecule has 3 aromatic heterocycles. The van der Waals surface area contributed by atoms with Gasteiger partial charge in [0.05, 0.1) is 0 Å². The van der Waals surface area contributed by atoms with E-state index in [1.54, 1.807) is 18.3 Å². The highest BCUT2D eigenvalue weighted by atomic mass is 16.3. The number of pyridine rings is 1. The largest absolute Gasteiger partial charge is 0.508 e. The van der Waals surface area contributed by atoms with Gasteiger partial charge in [-0.15, -0.1) is 0 Å². The van der Waals surface area contributed by atoms with Crippen molar-refractivity contribution in [1.29, 1.82) is 0 Å². The average molecular weight is 347 g/mol. The molecule has 0 bridgehead atoms. The van der Waals surface area contributed by atoms with Gasteiger partial charge in [0.15, 0.2) is 11.5 Å². The maximum Gasteiger partial charge on any atom is 0.208 e. The fraction of sp³-hybridized carbons (Fsp3) is 0.111. The number of nitrogens with zero attached hydrogens (tertiary/aromatic N) is 4. The third-order valence-corrected chi connectivity index (χ3v) is 3.84. The van der Waals surface area contributed by atoms with Gasteiger partial charge >= 0.3 is 0 Å². The molecular formula is C18H17N7O. The first-order valence-electron chi connectivity index (χ1n) is 8.18. The van der Waals surface area contributed by atoms with Crippen LogP contribution in [0.25, 0.3) is 11.2 Å². The van der Waals surface area contributed by atoms with Crippen molar-refractivity contribution in [2.45, 2.75) is 6.42 Å². The Kier molecular flexibility index (Phi) is 4.29. The number of nitrogens with one attached hydrogen (secondary N) is 3. The van der Waals surface area contributed by atoms with Crippen LogP contribution in [-0.2, 0) is 6.42 Å². The van der Waals surface area contributed by atoms with Gasteiger partial charge in [-0.3, -0.25) is 0 Å². The topological polar surface area (TPSA) is 112 Å². The fourth-order valence-electron chi connectivity index (χ4n) is 2.57. The molecule has 0 amide bonds. The number of phenolic OH excluding ortho intramolecular Hbond substituents is 1. The van der Waals surface area contributed by atoms with E-state index in [9.17, 15) is 5.11 Å². The van der Waals surface area contributed by atoms with Crippen molar-refractivity contribution in [1.82, 2.24) is 24.9 Å². The molecule has 3 heterocycles. The van der Waals surface area contributed by atoms with Gasteiger partial charge in [0.25, 0.3) is 0 Å². The molecule has 130 valence electrons. The standard InChI is InChI=1S/C18H17N7O/c26-13-6-4-12(5-7-13)8-10-20-16-15-17(22-11-21-16)25-18(24-15)23-14-3-1-2-9-19-14/h1-7,9,11,26H,8,10H2,(H3,19,20,21,22,23,24,25). The number of fused-ring (bicyclic) bond motifs is 1. The predicted molar refractivity (Wildman–Crippen MR) is 99.5 cm³/mol. The van der Waals surface area contributed by atoms with Gasteiger partial charge in [-0.05, 0) is 36.2 Å². The van der Waals surface area contributed by atoms with E-state index in [1.165, 1.54) is 6.33 Å². The summed E-state index contributed by atoms with van der Waals surface area (Å²) in [6.07, 6.45) is 4.00. The Morgan fingerprint density at radius 2 is 1.88 bits per heavy atom. The lowest BCUT2D eigenvalue weighted by atomic mass is 10.1. The number of benzene rings is 1. The fourth-order valence-corrected chi connectivity index (χ4v) is 2.57. The number of hydrogen-bond donors (Lipinski definition) is 4. The van der Waals surface area contributed by atoms with Crippen molar-refractivity contribution in [2.75, 3.05) is 17.2 Å². The molecule has 0 aliphatic rings. The Bertz CT molecular complexity index is 999. The first-order valence-corrected chi connectivity index (χ1v) is 8.18. The molecule has 0 unspecified atom stereocenters. The highest BCUT2D eigenvalue weighted by molar-refractivity contribution is 5.84. The van der Waals surface area contributed by atoms with Gasteiger partial charge in [-0.25, -0.2) is 15.0 Å². The van der Waals surface area contributed by atoms with Crippen molar-refractivity contribution in [3.8, 4) is 5.75 Å². The third-order valence-electron chi connectivity index (χ3n) is 3.84. The van der Waals surface area contributed by atoms with Gasteiger partial charge in [-0.2, -0.15) is 4.98 Å². The highest BCUT2D eigenvalue weighted by Gasteiger charge is 2.10. The monoisotopic (exact) mass is 347 g/mol. The van der Waals surface area contributed by atoms with Crippen molar-refractivity contribution in [2.24, 2.45) is 0 Å². The van der Waals surface area contributed by atoms with Crippen LogP contribution < -0.4 is 10.6 Å². The normalized spacial score (nSPS) is 10.8. The number of phenols is 1. The summed E-state index contributed by atoms with van der Waals surface area (Å²) in [6.45, 7) is 0.693. The Morgan fingerprint density at radius 1 is 1.00 bits per heavy atom. The molecule has 0 saturated heterocycles. The average Bonchev–Trinajstić information content (AvgIpc) is 3.07. The van der Waals surface area contributed by atoms with E-state index < -0.39 is 0 Å². The number of aromatic amines is 1. The molecule has 4 N–H and O–H groups in total. The summed E-state index contributed by atoms with van der Waals surface area (Å²) >= 11 is 0. The number of aromatic hydroxyl groups is 1. The zero-order chi connectivity index (χ0) is 17.8. The molecule has 0 spiro atoms. The van der Waals surface area contributed by atoms with Crippen LogP contribution in [0.1, 0.15) is 5.56 Å². The number of aromatic nitrogens is 5. The van der Waals surface area contributed by atoms with Gasteiger partial charge in [-0.1, -0.05) is 18.2 Å². The van der Waals surface area contributed by atoms with E-state index in [0.717, 1.165) is 17.5 Å². The minimum Gasteiger partial charge on any atom is -0.508 e. The van der Waals surface area contributed by atoms with Gasteiger partial charge in [0.2, 0.25) is 5.95 Å². The van der Waals surface area contributed by atoms with E-state index in [4.69, 9.17) is 0 Å². The molecule has 26 heavy (non-hydrogen) atoms. The number of H-pyrrole nitrogens is 1. The van der Waals surface area contributed by atoms with Crippen LogP contribution in [0.2, 0.25) is 0 Å². The zero-order valence-corrected chi connectivity index (χ0v) is 13.8. The minimum absolute atomic E-state index is 0.268. The third kappa shape index (κ3) is 3.54. The summed E-state index contributed by atoms with van der Waals surface area (Å²) < 4.78 is 0. The van der Waals surface area contributed by atoms with Crippen LogP contribution in [0, 0.1) is 0 Å². The Morgan fingerprint density at radius 3 is 2.69 bits per heavy atom.